The Kier molecular flexibility index (Phi) is 9.35. The molecule has 0 bridgehead atoms. The van der Waals surface area contributed by atoms with Gasteiger partial charge < -0.3 is 19.4 Å². The summed E-state index contributed by atoms with van der Waals surface area (Å²) in [6.07, 6.45) is 0.351. The lowest BCUT2D eigenvalue weighted by atomic mass is 10.1. The Bertz CT molecular complexity index is 1250. The molecule has 3 aromatic carbocycles. The second kappa shape index (κ2) is 12.7. The van der Waals surface area contributed by atoms with Gasteiger partial charge in [0, 0.05) is 78.4 Å². The van der Waals surface area contributed by atoms with E-state index < -0.39 is 0 Å². The summed E-state index contributed by atoms with van der Waals surface area (Å²) in [5, 5.41) is 1.29. The van der Waals surface area contributed by atoms with Gasteiger partial charge in [-0.05, 0) is 54.6 Å². The van der Waals surface area contributed by atoms with Crippen LogP contribution in [0.4, 0.5) is 5.69 Å². The van der Waals surface area contributed by atoms with Gasteiger partial charge in [-0.15, -0.1) is 0 Å². The first-order chi connectivity index (χ1) is 17.8. The van der Waals surface area contributed by atoms with Crippen LogP contribution in [-0.2, 0) is 16.1 Å². The Morgan fingerprint density at radius 1 is 0.919 bits per heavy atom. The number of rotatable bonds is 8. The Balaban J connectivity index is 1.28. The Morgan fingerprint density at radius 3 is 2.35 bits per heavy atom. The van der Waals surface area contributed by atoms with Crippen molar-refractivity contribution in [3.8, 4) is 11.5 Å². The molecule has 0 aliphatic carbocycles. The molecule has 3 aromatic rings. The second-order valence-corrected chi connectivity index (χ2v) is 10.7. The monoisotopic (exact) mass is 603 g/mol. The number of nitrogens with zero attached hydrogens (tertiary/aromatic N) is 3. The van der Waals surface area contributed by atoms with Gasteiger partial charge in [0.25, 0.3) is 0 Å². The number of hydrogen-bond donors (Lipinski definition) is 0. The fourth-order valence-corrected chi connectivity index (χ4v) is 4.83. The Hall–Kier alpha value is -2.74. The predicted molar refractivity (Wildman–Crippen MR) is 152 cm³/mol. The van der Waals surface area contributed by atoms with Crippen molar-refractivity contribution in [2.75, 3.05) is 38.1 Å². The smallest absolute Gasteiger partial charge is 0.223 e. The molecule has 0 spiro atoms. The van der Waals surface area contributed by atoms with Crippen molar-refractivity contribution in [2.45, 2.75) is 19.4 Å². The number of anilines is 1. The normalized spacial score (nSPS) is 13.4. The fourth-order valence-electron chi connectivity index (χ4n) is 4.18. The number of piperazine rings is 1. The third-order valence-corrected chi connectivity index (χ3v) is 7.24. The van der Waals surface area contributed by atoms with Crippen LogP contribution in [0.1, 0.15) is 18.4 Å². The molecule has 1 saturated heterocycles. The van der Waals surface area contributed by atoms with Crippen LogP contribution in [0.25, 0.3) is 0 Å². The molecule has 1 fully saturated rings. The van der Waals surface area contributed by atoms with Gasteiger partial charge in [0.05, 0.1) is 0 Å². The zero-order valence-corrected chi connectivity index (χ0v) is 23.6. The van der Waals surface area contributed by atoms with E-state index in [1.54, 1.807) is 24.1 Å². The summed E-state index contributed by atoms with van der Waals surface area (Å²) in [7, 11) is 1.74. The maximum atomic E-state index is 12.8. The highest BCUT2D eigenvalue weighted by molar-refractivity contribution is 9.10. The van der Waals surface area contributed by atoms with Crippen LogP contribution >= 0.6 is 39.1 Å². The average molecular weight is 605 g/mol. The molecule has 4 rings (SSSR count). The molecule has 37 heavy (non-hydrogen) atoms. The zero-order valence-electron chi connectivity index (χ0n) is 20.5. The number of hydrogen-bond acceptors (Lipinski definition) is 4. The van der Waals surface area contributed by atoms with Crippen molar-refractivity contribution in [3.05, 3.63) is 86.8 Å². The maximum Gasteiger partial charge on any atom is 0.223 e. The van der Waals surface area contributed by atoms with Crippen LogP contribution in [0.3, 0.4) is 0 Å². The van der Waals surface area contributed by atoms with Gasteiger partial charge in [-0.25, -0.2) is 0 Å². The molecule has 0 N–H and O–H groups in total. The summed E-state index contributed by atoms with van der Waals surface area (Å²) in [6, 6.07) is 20.6. The summed E-state index contributed by atoms with van der Waals surface area (Å²) >= 11 is 15.5. The lowest BCUT2D eigenvalue weighted by Crippen LogP contribution is -2.49. The third-order valence-electron chi connectivity index (χ3n) is 6.26. The van der Waals surface area contributed by atoms with Crippen LogP contribution in [0, 0.1) is 0 Å². The van der Waals surface area contributed by atoms with E-state index in [2.05, 4.69) is 20.8 Å². The van der Waals surface area contributed by atoms with E-state index in [0.717, 1.165) is 28.8 Å². The highest BCUT2D eigenvalue weighted by Crippen LogP contribution is 2.31. The van der Waals surface area contributed by atoms with Crippen LogP contribution in [-0.4, -0.2) is 54.8 Å². The molecule has 0 atom stereocenters. The zero-order chi connectivity index (χ0) is 26.4. The van der Waals surface area contributed by atoms with Crippen molar-refractivity contribution < 1.29 is 14.3 Å². The first-order valence-corrected chi connectivity index (χ1v) is 13.6. The average Bonchev–Trinajstić information content (AvgIpc) is 2.89. The number of benzene rings is 3. The summed E-state index contributed by atoms with van der Waals surface area (Å²) in [6.45, 7) is 3.12. The van der Waals surface area contributed by atoms with Crippen molar-refractivity contribution in [2.24, 2.45) is 0 Å². The minimum absolute atomic E-state index is 0.00567. The molecule has 0 saturated carbocycles. The molecule has 194 valence electrons. The third kappa shape index (κ3) is 7.63. The van der Waals surface area contributed by atoms with Crippen molar-refractivity contribution in [1.29, 1.82) is 0 Å². The first kappa shape index (κ1) is 27.3. The van der Waals surface area contributed by atoms with E-state index in [-0.39, 0.29) is 24.7 Å². The highest BCUT2D eigenvalue weighted by atomic mass is 79.9. The summed E-state index contributed by atoms with van der Waals surface area (Å²) in [4.78, 5) is 31.3. The minimum atomic E-state index is -0.0928. The molecule has 2 amide bonds. The summed E-state index contributed by atoms with van der Waals surface area (Å²) in [5.74, 6) is 1.16. The molecule has 1 heterocycles. The van der Waals surface area contributed by atoms with Gasteiger partial charge >= 0.3 is 0 Å². The first-order valence-electron chi connectivity index (χ1n) is 12.0. The van der Waals surface area contributed by atoms with E-state index in [4.69, 9.17) is 27.9 Å². The van der Waals surface area contributed by atoms with Gasteiger partial charge in [0.2, 0.25) is 11.8 Å². The fraction of sp³-hybridized carbons (Fsp3) is 0.286. The van der Waals surface area contributed by atoms with E-state index in [1.165, 1.54) is 0 Å². The molecular formula is C28H28BrCl2N3O3. The molecule has 1 aliphatic rings. The number of ether oxygens (including phenoxy) is 1. The summed E-state index contributed by atoms with van der Waals surface area (Å²) in [5.41, 5.74) is 1.95. The van der Waals surface area contributed by atoms with Gasteiger partial charge in [0.1, 0.15) is 11.5 Å². The summed E-state index contributed by atoms with van der Waals surface area (Å²) < 4.78 is 6.92. The Morgan fingerprint density at radius 2 is 1.65 bits per heavy atom. The SMILES string of the molecule is CN(Cc1ccc(Br)cc1Oc1cccc(Cl)c1)C(=O)CCC(=O)N1CCN(c2ccc(Cl)cc2)CC1. The van der Waals surface area contributed by atoms with Crippen LogP contribution in [0.5, 0.6) is 11.5 Å². The lowest BCUT2D eigenvalue weighted by Gasteiger charge is -2.36. The van der Waals surface area contributed by atoms with E-state index in [1.807, 2.05) is 59.5 Å². The topological polar surface area (TPSA) is 53.1 Å². The predicted octanol–water partition coefficient (Wildman–Crippen LogP) is 6.64. The maximum absolute atomic E-state index is 12.8. The van der Waals surface area contributed by atoms with Gasteiger partial charge in [-0.2, -0.15) is 0 Å². The van der Waals surface area contributed by atoms with Gasteiger partial charge in [-0.1, -0.05) is 51.3 Å². The van der Waals surface area contributed by atoms with Crippen LogP contribution < -0.4 is 9.64 Å². The van der Waals surface area contributed by atoms with Crippen LogP contribution in [0.2, 0.25) is 10.0 Å². The molecule has 0 aromatic heterocycles. The number of amides is 2. The number of carbonyl (C=O) groups is 2. The number of halogens is 3. The van der Waals surface area contributed by atoms with Gasteiger partial charge in [0.15, 0.2) is 0 Å². The van der Waals surface area contributed by atoms with Crippen molar-refractivity contribution in [3.63, 3.8) is 0 Å². The standard InChI is InChI=1S/C28H28BrCl2N3O3/c1-32(19-20-5-6-21(29)17-26(20)37-25-4-2-3-23(31)18-25)27(35)11-12-28(36)34-15-13-33(14-16-34)24-9-7-22(30)8-10-24/h2-10,17-18H,11-16,19H2,1H3. The van der Waals surface area contributed by atoms with Gasteiger partial charge in [-0.3, -0.25) is 9.59 Å². The van der Waals surface area contributed by atoms with E-state index in [9.17, 15) is 9.59 Å². The van der Waals surface area contributed by atoms with Crippen molar-refractivity contribution in [1.82, 2.24) is 9.80 Å². The quantitative estimate of drug-likeness (QED) is 0.289. The molecule has 0 radical (unpaired) electrons. The second-order valence-electron chi connectivity index (χ2n) is 8.91. The minimum Gasteiger partial charge on any atom is -0.457 e. The highest BCUT2D eigenvalue weighted by Gasteiger charge is 2.22. The lowest BCUT2D eigenvalue weighted by molar-refractivity contribution is -0.136. The largest absolute Gasteiger partial charge is 0.457 e. The molecule has 9 heteroatoms. The molecule has 6 nitrogen and oxygen atoms in total. The Labute approximate surface area is 235 Å². The molecule has 1 aliphatic heterocycles. The van der Waals surface area contributed by atoms with Crippen molar-refractivity contribution >= 4 is 56.6 Å². The number of carbonyl (C=O) groups excluding carboxylic acids is 2. The molecular weight excluding hydrogens is 577 g/mol. The van der Waals surface area contributed by atoms with E-state index in [0.29, 0.717) is 41.2 Å². The van der Waals surface area contributed by atoms with E-state index >= 15 is 0 Å². The molecule has 0 unspecified atom stereocenters. The van der Waals surface area contributed by atoms with Crippen LogP contribution in [0.15, 0.2) is 71.2 Å².